The van der Waals surface area contributed by atoms with E-state index in [4.69, 9.17) is 4.74 Å². The second-order valence-electron chi connectivity index (χ2n) is 4.34. The first-order chi connectivity index (χ1) is 9.19. The number of aromatic nitrogens is 2. The van der Waals surface area contributed by atoms with Gasteiger partial charge in [-0.25, -0.2) is 9.37 Å². The van der Waals surface area contributed by atoms with Gasteiger partial charge in [-0.3, -0.25) is 0 Å². The molecule has 0 fully saturated rings. The lowest BCUT2D eigenvalue weighted by atomic mass is 10.2. The van der Waals surface area contributed by atoms with Crippen molar-refractivity contribution < 1.29 is 9.13 Å². The summed E-state index contributed by atoms with van der Waals surface area (Å²) < 4.78 is 21.0. The Balaban J connectivity index is 1.94. The maximum atomic E-state index is 13.4. The average Bonchev–Trinajstić information content (AvgIpc) is 2.75. The highest BCUT2D eigenvalue weighted by Gasteiger charge is 2.02. The molecule has 1 heterocycles. The minimum atomic E-state index is -0.276. The van der Waals surface area contributed by atoms with Crippen LogP contribution in [0.15, 0.2) is 30.6 Å². The van der Waals surface area contributed by atoms with E-state index >= 15 is 0 Å². The van der Waals surface area contributed by atoms with Gasteiger partial charge in [0.25, 0.3) is 0 Å². The van der Waals surface area contributed by atoms with Crippen molar-refractivity contribution in [3.63, 3.8) is 0 Å². The highest BCUT2D eigenvalue weighted by Crippen LogP contribution is 2.16. The van der Waals surface area contributed by atoms with E-state index in [1.165, 1.54) is 12.1 Å². The van der Waals surface area contributed by atoms with E-state index in [1.54, 1.807) is 6.20 Å². The van der Waals surface area contributed by atoms with Crippen LogP contribution in [0.4, 0.5) is 4.39 Å². The van der Waals surface area contributed by atoms with E-state index in [9.17, 15) is 4.39 Å². The number of halogens is 1. The minimum Gasteiger partial charge on any atom is -0.492 e. The Hall–Kier alpha value is -1.88. The quantitative estimate of drug-likeness (QED) is 0.867. The standard InChI is InChI=1S/C14H18FN3O/c1-11-17-3-4-18(11)5-6-19-14-8-12(10-16-2)7-13(15)9-14/h3-4,7-9,16H,5-6,10H2,1-2H3. The van der Waals surface area contributed by atoms with Crippen LogP contribution in [0.3, 0.4) is 0 Å². The minimum absolute atomic E-state index is 0.276. The lowest BCUT2D eigenvalue weighted by molar-refractivity contribution is 0.295. The van der Waals surface area contributed by atoms with Gasteiger partial charge < -0.3 is 14.6 Å². The van der Waals surface area contributed by atoms with Crippen molar-refractivity contribution in [3.05, 3.63) is 47.8 Å². The topological polar surface area (TPSA) is 39.1 Å². The highest BCUT2D eigenvalue weighted by atomic mass is 19.1. The zero-order valence-electron chi connectivity index (χ0n) is 11.2. The fourth-order valence-electron chi connectivity index (χ4n) is 1.91. The summed E-state index contributed by atoms with van der Waals surface area (Å²) in [4.78, 5) is 4.13. The molecule has 2 rings (SSSR count). The molecule has 0 unspecified atom stereocenters. The summed E-state index contributed by atoms with van der Waals surface area (Å²) in [5.41, 5.74) is 0.872. The molecule has 0 aliphatic carbocycles. The summed E-state index contributed by atoms with van der Waals surface area (Å²) in [6.07, 6.45) is 3.65. The van der Waals surface area contributed by atoms with Gasteiger partial charge in [0.1, 0.15) is 24.0 Å². The number of imidazole rings is 1. The normalized spacial score (nSPS) is 10.7. The first kappa shape index (κ1) is 13.5. The van der Waals surface area contributed by atoms with Gasteiger partial charge in [0, 0.05) is 25.0 Å². The Kier molecular flexibility index (Phi) is 4.52. The average molecular weight is 263 g/mol. The van der Waals surface area contributed by atoms with Crippen LogP contribution < -0.4 is 10.1 Å². The molecule has 5 heteroatoms. The van der Waals surface area contributed by atoms with Crippen LogP contribution in [-0.4, -0.2) is 23.2 Å². The zero-order chi connectivity index (χ0) is 13.7. The molecule has 102 valence electrons. The molecule has 0 amide bonds. The molecule has 0 aliphatic rings. The first-order valence-electron chi connectivity index (χ1n) is 6.23. The van der Waals surface area contributed by atoms with Crippen molar-refractivity contribution in [3.8, 4) is 5.75 Å². The molecule has 1 N–H and O–H groups in total. The Labute approximate surface area is 112 Å². The van der Waals surface area contributed by atoms with Crippen LogP contribution in [0.1, 0.15) is 11.4 Å². The van der Waals surface area contributed by atoms with Gasteiger partial charge in [0.2, 0.25) is 0 Å². The molecular weight excluding hydrogens is 245 g/mol. The third-order valence-corrected chi connectivity index (χ3v) is 2.84. The van der Waals surface area contributed by atoms with Gasteiger partial charge in [-0.1, -0.05) is 0 Å². The molecule has 0 atom stereocenters. The number of benzene rings is 1. The third-order valence-electron chi connectivity index (χ3n) is 2.84. The van der Waals surface area contributed by atoms with Gasteiger partial charge >= 0.3 is 0 Å². The predicted molar refractivity (Wildman–Crippen MR) is 71.6 cm³/mol. The zero-order valence-corrected chi connectivity index (χ0v) is 11.2. The van der Waals surface area contributed by atoms with Crippen LogP contribution in [0.25, 0.3) is 0 Å². The van der Waals surface area contributed by atoms with Crippen LogP contribution >= 0.6 is 0 Å². The lowest BCUT2D eigenvalue weighted by Crippen LogP contribution is -2.10. The van der Waals surface area contributed by atoms with E-state index in [0.717, 1.165) is 11.4 Å². The number of rotatable bonds is 6. The number of nitrogens with zero attached hydrogens (tertiary/aromatic N) is 2. The molecule has 0 aliphatic heterocycles. The molecule has 0 spiro atoms. The number of hydrogen-bond donors (Lipinski definition) is 1. The van der Waals surface area contributed by atoms with E-state index in [2.05, 4.69) is 10.3 Å². The smallest absolute Gasteiger partial charge is 0.127 e. The van der Waals surface area contributed by atoms with E-state index in [0.29, 0.717) is 25.4 Å². The van der Waals surface area contributed by atoms with Gasteiger partial charge in [0.05, 0.1) is 6.54 Å². The largest absolute Gasteiger partial charge is 0.492 e. The Morgan fingerprint density at radius 1 is 1.37 bits per heavy atom. The Bertz CT molecular complexity index is 539. The maximum Gasteiger partial charge on any atom is 0.127 e. The van der Waals surface area contributed by atoms with Crippen molar-refractivity contribution in [2.75, 3.05) is 13.7 Å². The van der Waals surface area contributed by atoms with Crippen LogP contribution in [-0.2, 0) is 13.1 Å². The van der Waals surface area contributed by atoms with Gasteiger partial charge in [-0.2, -0.15) is 0 Å². The van der Waals surface area contributed by atoms with Crippen molar-refractivity contribution in [2.45, 2.75) is 20.0 Å². The number of hydrogen-bond acceptors (Lipinski definition) is 3. The van der Waals surface area contributed by atoms with Gasteiger partial charge in [0.15, 0.2) is 0 Å². The monoisotopic (exact) mass is 263 g/mol. The molecule has 4 nitrogen and oxygen atoms in total. The molecular formula is C14H18FN3O. The Morgan fingerprint density at radius 2 is 2.21 bits per heavy atom. The van der Waals surface area contributed by atoms with Crippen LogP contribution in [0.2, 0.25) is 0 Å². The van der Waals surface area contributed by atoms with Gasteiger partial charge in [-0.05, 0) is 31.7 Å². The summed E-state index contributed by atoms with van der Waals surface area (Å²) in [5.74, 6) is 1.23. The fraction of sp³-hybridized carbons (Fsp3) is 0.357. The summed E-state index contributed by atoms with van der Waals surface area (Å²) in [6.45, 7) is 3.74. The fourth-order valence-corrected chi connectivity index (χ4v) is 1.91. The van der Waals surface area contributed by atoms with Crippen molar-refractivity contribution >= 4 is 0 Å². The van der Waals surface area contributed by atoms with Gasteiger partial charge in [-0.15, -0.1) is 0 Å². The molecule has 0 radical (unpaired) electrons. The van der Waals surface area contributed by atoms with Crippen molar-refractivity contribution in [1.29, 1.82) is 0 Å². The summed E-state index contributed by atoms with van der Waals surface area (Å²) in [7, 11) is 1.83. The molecule has 1 aromatic heterocycles. The molecule has 19 heavy (non-hydrogen) atoms. The third kappa shape index (κ3) is 3.79. The summed E-state index contributed by atoms with van der Waals surface area (Å²) >= 11 is 0. The first-order valence-corrected chi connectivity index (χ1v) is 6.23. The number of nitrogens with one attached hydrogen (secondary N) is 1. The SMILES string of the molecule is CNCc1cc(F)cc(OCCn2ccnc2C)c1. The maximum absolute atomic E-state index is 13.4. The summed E-state index contributed by atoms with van der Waals surface area (Å²) in [6, 6.07) is 4.75. The van der Waals surface area contributed by atoms with E-state index in [1.807, 2.05) is 30.8 Å². The molecule has 0 bridgehead atoms. The number of ether oxygens (including phenoxy) is 1. The second kappa shape index (κ2) is 6.33. The number of aryl methyl sites for hydroxylation is 1. The predicted octanol–water partition coefficient (Wildman–Crippen LogP) is 2.13. The lowest BCUT2D eigenvalue weighted by Gasteiger charge is -2.10. The van der Waals surface area contributed by atoms with E-state index < -0.39 is 0 Å². The van der Waals surface area contributed by atoms with Crippen molar-refractivity contribution in [2.24, 2.45) is 0 Å². The van der Waals surface area contributed by atoms with Crippen LogP contribution in [0.5, 0.6) is 5.75 Å². The molecule has 1 aromatic carbocycles. The molecule has 0 saturated carbocycles. The highest BCUT2D eigenvalue weighted by molar-refractivity contribution is 5.29. The second-order valence-corrected chi connectivity index (χ2v) is 4.34. The van der Waals surface area contributed by atoms with Crippen molar-refractivity contribution in [1.82, 2.24) is 14.9 Å². The Morgan fingerprint density at radius 3 is 2.89 bits per heavy atom. The summed E-state index contributed by atoms with van der Waals surface area (Å²) in [5, 5.41) is 2.99. The van der Waals surface area contributed by atoms with Crippen LogP contribution in [0, 0.1) is 12.7 Å². The molecule has 2 aromatic rings. The van der Waals surface area contributed by atoms with E-state index in [-0.39, 0.29) is 5.82 Å². The molecule has 0 saturated heterocycles.